The maximum atomic E-state index is 12.6. The molecule has 31 heavy (non-hydrogen) atoms. The predicted octanol–water partition coefficient (Wildman–Crippen LogP) is 3.15. The minimum Gasteiger partial charge on any atom is -0.350 e. The summed E-state index contributed by atoms with van der Waals surface area (Å²) >= 11 is 0.806. The second kappa shape index (κ2) is 9.40. The summed E-state index contributed by atoms with van der Waals surface area (Å²) in [5.41, 5.74) is 0.824. The van der Waals surface area contributed by atoms with E-state index in [0.29, 0.717) is 0 Å². The van der Waals surface area contributed by atoms with Crippen LogP contribution >= 0.6 is 11.8 Å². The largest absolute Gasteiger partial charge is 0.350 e. The number of hydrogen-bond acceptors (Lipinski definition) is 6. The molecule has 0 bridgehead atoms. The molecule has 0 radical (unpaired) electrons. The van der Waals surface area contributed by atoms with Crippen LogP contribution in [0.4, 0.5) is 13.6 Å². The van der Waals surface area contributed by atoms with Crippen molar-refractivity contribution < 1.29 is 31.6 Å². The number of sulfone groups is 1. The van der Waals surface area contributed by atoms with Crippen LogP contribution in [0, 0.1) is 0 Å². The third-order valence-electron chi connectivity index (χ3n) is 4.27. The molecule has 1 aliphatic heterocycles. The lowest BCUT2D eigenvalue weighted by atomic mass is 10.2. The van der Waals surface area contributed by atoms with Gasteiger partial charge in [-0.25, -0.2) is 8.42 Å². The fraction of sp³-hybridized carbons (Fsp3) is 0.150. The Hall–Kier alpha value is -3.05. The summed E-state index contributed by atoms with van der Waals surface area (Å²) in [5.74, 6) is -4.62. The Kier molecular flexibility index (Phi) is 6.86. The Balaban J connectivity index is 1.57. The molecule has 0 spiro atoms. The highest BCUT2D eigenvalue weighted by Gasteiger charge is 2.34. The van der Waals surface area contributed by atoms with E-state index in [1.54, 1.807) is 30.3 Å². The van der Waals surface area contributed by atoms with Gasteiger partial charge in [0.2, 0.25) is 9.84 Å². The van der Waals surface area contributed by atoms with Gasteiger partial charge < -0.3 is 5.32 Å². The zero-order valence-electron chi connectivity index (χ0n) is 15.8. The van der Waals surface area contributed by atoms with Crippen LogP contribution in [0.15, 0.2) is 64.4 Å². The first-order valence-electron chi connectivity index (χ1n) is 8.91. The van der Waals surface area contributed by atoms with Gasteiger partial charge in [-0.2, -0.15) is 8.78 Å². The summed E-state index contributed by atoms with van der Waals surface area (Å²) in [7, 11) is -4.74. The molecule has 2 aromatic rings. The molecule has 7 nitrogen and oxygen atoms in total. The number of hydrogen-bond donors (Lipinski definition) is 1. The summed E-state index contributed by atoms with van der Waals surface area (Å²) in [6.07, 6.45) is 1.61. The van der Waals surface area contributed by atoms with E-state index >= 15 is 0 Å². The Morgan fingerprint density at radius 3 is 2.32 bits per heavy atom. The van der Waals surface area contributed by atoms with Gasteiger partial charge in [0.05, 0.1) is 9.80 Å². The van der Waals surface area contributed by atoms with Gasteiger partial charge in [-0.15, -0.1) is 0 Å². The number of carbonyl (C=O) groups excluding carboxylic acids is 3. The fourth-order valence-electron chi connectivity index (χ4n) is 2.68. The first kappa shape index (κ1) is 22.6. The average Bonchev–Trinajstić information content (AvgIpc) is 3.01. The van der Waals surface area contributed by atoms with Crippen molar-refractivity contribution in [2.24, 2.45) is 0 Å². The SMILES string of the molecule is O=C(NCCN1C(=O)S/C(=C/c2ccccc2)C1=O)c1ccc(S(=O)(=O)C(F)F)cc1. The Bertz CT molecular complexity index is 1130. The van der Waals surface area contributed by atoms with E-state index in [2.05, 4.69) is 5.32 Å². The summed E-state index contributed by atoms with van der Waals surface area (Å²) in [6.45, 7) is -0.0903. The highest BCUT2D eigenvalue weighted by atomic mass is 32.2. The number of rotatable bonds is 7. The first-order chi connectivity index (χ1) is 14.7. The van der Waals surface area contributed by atoms with Gasteiger partial charge in [0.15, 0.2) is 0 Å². The number of halogens is 2. The van der Waals surface area contributed by atoms with Crippen molar-refractivity contribution in [2.75, 3.05) is 13.1 Å². The van der Waals surface area contributed by atoms with Gasteiger partial charge in [-0.05, 0) is 47.7 Å². The maximum absolute atomic E-state index is 12.6. The number of alkyl halides is 2. The fourth-order valence-corrected chi connectivity index (χ4v) is 4.26. The van der Waals surface area contributed by atoms with Crippen LogP contribution in [0.2, 0.25) is 0 Å². The molecule has 1 saturated heterocycles. The number of carbonyl (C=O) groups is 3. The highest BCUT2D eigenvalue weighted by molar-refractivity contribution is 8.18. The van der Waals surface area contributed by atoms with Crippen LogP contribution in [0.25, 0.3) is 6.08 Å². The van der Waals surface area contributed by atoms with Crippen molar-refractivity contribution in [3.05, 3.63) is 70.6 Å². The number of imide groups is 1. The molecule has 0 aliphatic carbocycles. The molecule has 11 heteroatoms. The standard InChI is InChI=1S/C20H16F2N2O5S2/c21-19(22)31(28,29)15-8-6-14(7-9-15)17(25)23-10-11-24-18(26)16(30-20(24)27)12-13-4-2-1-3-5-13/h1-9,12,19H,10-11H2,(H,23,25)/b16-12+. The van der Waals surface area contributed by atoms with Crippen molar-refractivity contribution in [1.29, 1.82) is 0 Å². The molecule has 1 N–H and O–H groups in total. The summed E-state index contributed by atoms with van der Waals surface area (Å²) in [6, 6.07) is 13.1. The first-order valence-corrected chi connectivity index (χ1v) is 11.3. The van der Waals surface area contributed by atoms with Crippen LogP contribution < -0.4 is 5.32 Å². The molecule has 0 atom stereocenters. The molecule has 1 heterocycles. The Morgan fingerprint density at radius 1 is 1.06 bits per heavy atom. The zero-order valence-corrected chi connectivity index (χ0v) is 17.5. The molecule has 3 rings (SSSR count). The van der Waals surface area contributed by atoms with E-state index in [1.807, 2.05) is 6.07 Å². The molecule has 0 saturated carbocycles. The summed E-state index contributed by atoms with van der Waals surface area (Å²) in [4.78, 5) is 37.4. The quantitative estimate of drug-likeness (QED) is 0.630. The molecular formula is C20H16F2N2O5S2. The van der Waals surface area contributed by atoms with E-state index in [4.69, 9.17) is 0 Å². The molecule has 1 fully saturated rings. The van der Waals surface area contributed by atoms with Crippen LogP contribution in [0.5, 0.6) is 0 Å². The molecule has 2 aromatic carbocycles. The minimum atomic E-state index is -4.74. The van der Waals surface area contributed by atoms with E-state index in [-0.39, 0.29) is 23.6 Å². The highest BCUT2D eigenvalue weighted by Crippen LogP contribution is 2.31. The normalized spacial score (nSPS) is 15.7. The van der Waals surface area contributed by atoms with Gasteiger partial charge in [-0.1, -0.05) is 30.3 Å². The zero-order chi connectivity index (χ0) is 22.6. The Morgan fingerprint density at radius 2 is 1.71 bits per heavy atom. The van der Waals surface area contributed by atoms with Crippen LogP contribution in [0.1, 0.15) is 15.9 Å². The number of amides is 3. The van der Waals surface area contributed by atoms with Crippen molar-refractivity contribution in [2.45, 2.75) is 10.7 Å². The van der Waals surface area contributed by atoms with E-state index < -0.39 is 37.5 Å². The third kappa shape index (κ3) is 5.17. The van der Waals surface area contributed by atoms with Crippen LogP contribution in [-0.2, 0) is 14.6 Å². The molecular weight excluding hydrogens is 450 g/mol. The van der Waals surface area contributed by atoms with Crippen LogP contribution in [0.3, 0.4) is 0 Å². The lowest BCUT2D eigenvalue weighted by Gasteiger charge is -2.13. The second-order valence-electron chi connectivity index (χ2n) is 6.33. The monoisotopic (exact) mass is 466 g/mol. The Labute approximate surface area is 181 Å². The lowest BCUT2D eigenvalue weighted by Crippen LogP contribution is -2.37. The maximum Gasteiger partial charge on any atom is 0.341 e. The number of benzene rings is 2. The van der Waals surface area contributed by atoms with E-state index in [0.717, 1.165) is 46.5 Å². The molecule has 162 valence electrons. The number of nitrogens with one attached hydrogen (secondary N) is 1. The van der Waals surface area contributed by atoms with Gasteiger partial charge in [0.25, 0.3) is 17.1 Å². The van der Waals surface area contributed by atoms with Crippen molar-refractivity contribution in [3.8, 4) is 0 Å². The molecule has 1 aliphatic rings. The molecule has 0 unspecified atom stereocenters. The molecule has 0 aromatic heterocycles. The van der Waals surface area contributed by atoms with E-state index in [9.17, 15) is 31.6 Å². The van der Waals surface area contributed by atoms with Crippen molar-refractivity contribution in [1.82, 2.24) is 10.2 Å². The lowest BCUT2D eigenvalue weighted by molar-refractivity contribution is -0.122. The smallest absolute Gasteiger partial charge is 0.341 e. The van der Waals surface area contributed by atoms with Gasteiger partial charge >= 0.3 is 5.76 Å². The minimum absolute atomic E-state index is 0.0351. The second-order valence-corrected chi connectivity index (χ2v) is 9.24. The van der Waals surface area contributed by atoms with Crippen molar-refractivity contribution >= 4 is 44.7 Å². The third-order valence-corrected chi connectivity index (χ3v) is 6.58. The summed E-state index contributed by atoms with van der Waals surface area (Å²) in [5, 5.41) is 2.05. The van der Waals surface area contributed by atoms with Gasteiger partial charge in [0.1, 0.15) is 0 Å². The number of thioether (sulfide) groups is 1. The summed E-state index contributed by atoms with van der Waals surface area (Å²) < 4.78 is 47.9. The number of nitrogens with zero attached hydrogens (tertiary/aromatic N) is 1. The van der Waals surface area contributed by atoms with Gasteiger partial charge in [0, 0.05) is 18.7 Å². The van der Waals surface area contributed by atoms with Crippen molar-refractivity contribution in [3.63, 3.8) is 0 Å². The molecule has 3 amide bonds. The topological polar surface area (TPSA) is 101 Å². The van der Waals surface area contributed by atoms with Gasteiger partial charge in [-0.3, -0.25) is 19.3 Å². The van der Waals surface area contributed by atoms with Crippen LogP contribution in [-0.4, -0.2) is 49.2 Å². The predicted molar refractivity (Wildman–Crippen MR) is 111 cm³/mol. The average molecular weight is 466 g/mol. The van der Waals surface area contributed by atoms with E-state index in [1.165, 1.54) is 0 Å².